The lowest BCUT2D eigenvalue weighted by Crippen LogP contribution is -1.95. The Hall–Kier alpha value is -0.330. The summed E-state index contributed by atoms with van der Waals surface area (Å²) in [6.07, 6.45) is 6.27. The minimum atomic E-state index is 0.711. The lowest BCUT2D eigenvalue weighted by Gasteiger charge is -2.26. The van der Waals surface area contributed by atoms with Crippen molar-refractivity contribution in [2.75, 3.05) is 0 Å². The Balaban J connectivity index is 3.29. The molecule has 1 nitrogen and oxygen atoms in total. The summed E-state index contributed by atoms with van der Waals surface area (Å²) in [5.74, 6) is 1.54. The maximum absolute atomic E-state index is 10.0. The number of hydrogen-bond donors (Lipinski definition) is 0. The Morgan fingerprint density at radius 3 is 2.40 bits per heavy atom. The molecule has 0 radical (unpaired) electrons. The zero-order chi connectivity index (χ0) is 7.82. The van der Waals surface area contributed by atoms with Gasteiger partial charge >= 0.3 is 0 Å². The van der Waals surface area contributed by atoms with Crippen LogP contribution in [0, 0.1) is 5.92 Å². The number of carbonyl (C=O) groups excluding carboxylic acids is 1. The van der Waals surface area contributed by atoms with Crippen molar-refractivity contribution in [3.8, 4) is 0 Å². The maximum atomic E-state index is 10.0. The molecule has 60 valence electrons. The van der Waals surface area contributed by atoms with E-state index in [-0.39, 0.29) is 0 Å². The van der Waals surface area contributed by atoms with E-state index in [1.165, 1.54) is 18.8 Å². The van der Waals surface area contributed by atoms with Crippen LogP contribution in [0.1, 0.15) is 46.0 Å². The van der Waals surface area contributed by atoms with Crippen LogP contribution in [0.2, 0.25) is 0 Å². The second-order valence-electron chi connectivity index (χ2n) is 2.56. The summed E-state index contributed by atoms with van der Waals surface area (Å²) in [5, 5.41) is 0. The van der Waals surface area contributed by atoms with Crippen molar-refractivity contribution in [1.82, 2.24) is 0 Å². The SMILES string of the molecule is CCC[C-](CC)CCC=O. The summed E-state index contributed by atoms with van der Waals surface area (Å²) in [6.45, 7) is 4.34. The molecule has 0 saturated heterocycles. The van der Waals surface area contributed by atoms with Gasteiger partial charge in [0.05, 0.1) is 0 Å². The topological polar surface area (TPSA) is 17.1 Å². The molecule has 0 fully saturated rings. The molecular weight excluding hydrogens is 124 g/mol. The smallest absolute Gasteiger partial charge is 0.117 e. The lowest BCUT2D eigenvalue weighted by atomic mass is 9.96. The number of aldehydes is 1. The van der Waals surface area contributed by atoms with Crippen molar-refractivity contribution < 1.29 is 4.79 Å². The molecule has 0 aliphatic rings. The van der Waals surface area contributed by atoms with Gasteiger partial charge in [0.1, 0.15) is 6.29 Å². The molecule has 0 N–H and O–H groups in total. The van der Waals surface area contributed by atoms with E-state index in [2.05, 4.69) is 13.8 Å². The van der Waals surface area contributed by atoms with Gasteiger partial charge in [0.2, 0.25) is 0 Å². The highest BCUT2D eigenvalue weighted by molar-refractivity contribution is 5.49. The summed E-state index contributed by atoms with van der Waals surface area (Å²) >= 11 is 0. The van der Waals surface area contributed by atoms with Gasteiger partial charge in [-0.3, -0.25) is 0 Å². The van der Waals surface area contributed by atoms with Crippen molar-refractivity contribution in [2.45, 2.75) is 46.0 Å². The monoisotopic (exact) mass is 141 g/mol. The highest BCUT2D eigenvalue weighted by atomic mass is 16.1. The zero-order valence-corrected chi connectivity index (χ0v) is 7.02. The Bertz CT molecular complexity index is 78.8. The quantitative estimate of drug-likeness (QED) is 0.410. The van der Waals surface area contributed by atoms with E-state index < -0.39 is 0 Å². The molecule has 0 aliphatic carbocycles. The molecule has 0 spiro atoms. The molecule has 1 heteroatoms. The molecule has 0 amide bonds. The number of rotatable bonds is 6. The van der Waals surface area contributed by atoms with E-state index in [9.17, 15) is 4.79 Å². The molecule has 0 unspecified atom stereocenters. The average molecular weight is 141 g/mol. The van der Waals surface area contributed by atoms with Crippen LogP contribution in [-0.4, -0.2) is 6.29 Å². The van der Waals surface area contributed by atoms with Gasteiger partial charge in [-0.2, -0.15) is 19.3 Å². The van der Waals surface area contributed by atoms with Crippen LogP contribution in [0.15, 0.2) is 0 Å². The molecule has 0 rings (SSSR count). The van der Waals surface area contributed by atoms with Gasteiger partial charge in [-0.1, -0.05) is 20.3 Å². The van der Waals surface area contributed by atoms with Gasteiger partial charge in [0, 0.05) is 0 Å². The van der Waals surface area contributed by atoms with E-state index in [1.54, 1.807) is 0 Å². The predicted molar refractivity (Wildman–Crippen MR) is 43.7 cm³/mol. The highest BCUT2D eigenvalue weighted by Gasteiger charge is 1.88. The van der Waals surface area contributed by atoms with Gasteiger partial charge in [-0.25, -0.2) is 0 Å². The largest absolute Gasteiger partial charge is 0.314 e. The van der Waals surface area contributed by atoms with Crippen LogP contribution >= 0.6 is 0 Å². The van der Waals surface area contributed by atoms with Gasteiger partial charge < -0.3 is 10.7 Å². The van der Waals surface area contributed by atoms with Crippen molar-refractivity contribution in [3.63, 3.8) is 0 Å². The van der Waals surface area contributed by atoms with E-state index >= 15 is 0 Å². The fraction of sp³-hybridized carbons (Fsp3) is 0.778. The van der Waals surface area contributed by atoms with Crippen LogP contribution in [0.3, 0.4) is 0 Å². The molecule has 0 aromatic carbocycles. The first-order valence-corrected chi connectivity index (χ1v) is 4.12. The summed E-state index contributed by atoms with van der Waals surface area (Å²) in [4.78, 5) is 10.0. The third-order valence-corrected chi connectivity index (χ3v) is 1.72. The minimum Gasteiger partial charge on any atom is -0.314 e. The minimum absolute atomic E-state index is 0.711. The van der Waals surface area contributed by atoms with E-state index in [0.717, 1.165) is 19.1 Å². The molecule has 0 bridgehead atoms. The Morgan fingerprint density at radius 2 is 2.00 bits per heavy atom. The van der Waals surface area contributed by atoms with Gasteiger partial charge in [-0.05, 0) is 6.42 Å². The first-order valence-electron chi connectivity index (χ1n) is 4.12. The summed E-state index contributed by atoms with van der Waals surface area (Å²) in [7, 11) is 0. The third-order valence-electron chi connectivity index (χ3n) is 1.72. The number of carbonyl (C=O) groups is 1. The highest BCUT2D eigenvalue weighted by Crippen LogP contribution is 2.18. The maximum Gasteiger partial charge on any atom is 0.117 e. The van der Waals surface area contributed by atoms with Crippen LogP contribution in [0.4, 0.5) is 0 Å². The average Bonchev–Trinajstić information content (AvgIpc) is 1.98. The third kappa shape index (κ3) is 4.54. The second-order valence-corrected chi connectivity index (χ2v) is 2.56. The van der Waals surface area contributed by atoms with E-state index in [1.807, 2.05) is 0 Å². The molecule has 0 aliphatic heterocycles. The molecule has 0 saturated carbocycles. The summed E-state index contributed by atoms with van der Waals surface area (Å²) in [6, 6.07) is 0. The normalized spacial score (nSPS) is 10.3. The standard InChI is InChI=1S/C9H17O/c1-3-6-9(4-2)7-5-8-10/h8H,3-7H2,1-2H3/q-1. The Morgan fingerprint density at radius 1 is 1.30 bits per heavy atom. The van der Waals surface area contributed by atoms with Gasteiger partial charge in [0.25, 0.3) is 0 Å². The molecule has 0 heterocycles. The fourth-order valence-electron chi connectivity index (χ4n) is 1.10. The fourth-order valence-corrected chi connectivity index (χ4v) is 1.10. The zero-order valence-electron chi connectivity index (χ0n) is 7.02. The van der Waals surface area contributed by atoms with Crippen molar-refractivity contribution >= 4 is 6.29 Å². The Labute approximate surface area is 63.8 Å². The molecular formula is C9H17O-. The van der Waals surface area contributed by atoms with Crippen molar-refractivity contribution in [2.24, 2.45) is 0 Å². The van der Waals surface area contributed by atoms with Crippen molar-refractivity contribution in [1.29, 1.82) is 0 Å². The molecule has 0 atom stereocenters. The number of hydrogen-bond acceptors (Lipinski definition) is 1. The summed E-state index contributed by atoms with van der Waals surface area (Å²) < 4.78 is 0. The summed E-state index contributed by atoms with van der Waals surface area (Å²) in [5.41, 5.74) is 0. The van der Waals surface area contributed by atoms with Crippen LogP contribution in [-0.2, 0) is 4.79 Å². The second kappa shape index (κ2) is 6.79. The Kier molecular flexibility index (Phi) is 6.56. The molecule has 0 aromatic heterocycles. The van der Waals surface area contributed by atoms with Gasteiger partial charge in [0.15, 0.2) is 0 Å². The van der Waals surface area contributed by atoms with Crippen LogP contribution < -0.4 is 0 Å². The van der Waals surface area contributed by atoms with Crippen LogP contribution in [0.5, 0.6) is 0 Å². The predicted octanol–water partition coefficient (Wildman–Crippen LogP) is 2.75. The van der Waals surface area contributed by atoms with Crippen molar-refractivity contribution in [3.05, 3.63) is 5.92 Å². The molecule has 0 aromatic rings. The lowest BCUT2D eigenvalue weighted by molar-refractivity contribution is -0.107. The first-order chi connectivity index (χ1) is 4.85. The van der Waals surface area contributed by atoms with Crippen LogP contribution in [0.25, 0.3) is 0 Å². The van der Waals surface area contributed by atoms with Gasteiger partial charge in [-0.15, -0.1) is 0 Å². The van der Waals surface area contributed by atoms with E-state index in [4.69, 9.17) is 0 Å². The molecule has 10 heavy (non-hydrogen) atoms. The first kappa shape index (κ1) is 9.67. The van der Waals surface area contributed by atoms with E-state index in [0.29, 0.717) is 6.42 Å².